The summed E-state index contributed by atoms with van der Waals surface area (Å²) in [6.45, 7) is 6.47. The summed E-state index contributed by atoms with van der Waals surface area (Å²) in [7, 11) is 0. The van der Waals surface area contributed by atoms with Crippen LogP contribution in [0.25, 0.3) is 0 Å². The first-order valence-corrected chi connectivity index (χ1v) is 7.19. The van der Waals surface area contributed by atoms with Crippen molar-refractivity contribution in [3.05, 3.63) is 30.3 Å². The first kappa shape index (κ1) is 15.4. The van der Waals surface area contributed by atoms with Crippen molar-refractivity contribution in [3.63, 3.8) is 0 Å². The van der Waals surface area contributed by atoms with Gasteiger partial charge in [0.1, 0.15) is 5.60 Å². The SMILES string of the molecule is CC(C)(C)OC(=O)N1CC[C@@H](C(=O)Nc2ccccc2)C1. The van der Waals surface area contributed by atoms with E-state index in [0.29, 0.717) is 19.5 Å². The number of para-hydroxylation sites is 1. The van der Waals surface area contributed by atoms with E-state index in [-0.39, 0.29) is 17.9 Å². The van der Waals surface area contributed by atoms with Crippen LogP contribution in [-0.4, -0.2) is 35.6 Å². The highest BCUT2D eigenvalue weighted by atomic mass is 16.6. The van der Waals surface area contributed by atoms with Crippen molar-refractivity contribution in [2.24, 2.45) is 5.92 Å². The molecular weight excluding hydrogens is 268 g/mol. The molecule has 0 aliphatic carbocycles. The maximum absolute atomic E-state index is 12.2. The molecule has 1 N–H and O–H groups in total. The molecule has 0 spiro atoms. The van der Waals surface area contributed by atoms with E-state index in [0.717, 1.165) is 5.69 Å². The van der Waals surface area contributed by atoms with Crippen molar-refractivity contribution < 1.29 is 14.3 Å². The van der Waals surface area contributed by atoms with Crippen LogP contribution in [0.5, 0.6) is 0 Å². The van der Waals surface area contributed by atoms with Crippen LogP contribution in [0.3, 0.4) is 0 Å². The molecular formula is C16H22N2O3. The van der Waals surface area contributed by atoms with Gasteiger partial charge in [0, 0.05) is 18.8 Å². The van der Waals surface area contributed by atoms with Crippen LogP contribution in [0, 0.1) is 5.92 Å². The number of hydrogen-bond donors (Lipinski definition) is 1. The molecule has 1 aromatic carbocycles. The number of carbonyl (C=O) groups is 2. The Morgan fingerprint density at radius 1 is 1.24 bits per heavy atom. The van der Waals surface area contributed by atoms with Crippen LogP contribution in [0.15, 0.2) is 30.3 Å². The van der Waals surface area contributed by atoms with Crippen molar-refractivity contribution in [2.45, 2.75) is 32.8 Å². The number of nitrogens with zero attached hydrogens (tertiary/aromatic N) is 1. The van der Waals surface area contributed by atoms with Crippen LogP contribution < -0.4 is 5.32 Å². The molecule has 0 unspecified atom stereocenters. The topological polar surface area (TPSA) is 58.6 Å². The second kappa shape index (κ2) is 6.16. The molecule has 5 heteroatoms. The summed E-state index contributed by atoms with van der Waals surface area (Å²) in [4.78, 5) is 25.7. The van der Waals surface area contributed by atoms with Gasteiger partial charge >= 0.3 is 6.09 Å². The Balaban J connectivity index is 1.87. The van der Waals surface area contributed by atoms with Gasteiger partial charge in [-0.15, -0.1) is 0 Å². The molecule has 0 aromatic heterocycles. The van der Waals surface area contributed by atoms with E-state index < -0.39 is 5.60 Å². The number of nitrogens with one attached hydrogen (secondary N) is 1. The molecule has 2 amide bonds. The summed E-state index contributed by atoms with van der Waals surface area (Å²) in [6.07, 6.45) is 0.315. The van der Waals surface area contributed by atoms with Crippen LogP contribution in [0.2, 0.25) is 0 Å². The number of likely N-dealkylation sites (tertiary alicyclic amines) is 1. The lowest BCUT2D eigenvalue weighted by Crippen LogP contribution is -2.36. The molecule has 1 saturated heterocycles. The lowest BCUT2D eigenvalue weighted by molar-refractivity contribution is -0.119. The van der Waals surface area contributed by atoms with Gasteiger partial charge in [0.05, 0.1) is 5.92 Å². The molecule has 1 aliphatic heterocycles. The first-order chi connectivity index (χ1) is 9.85. The summed E-state index contributed by atoms with van der Waals surface area (Å²) >= 11 is 0. The Bertz CT molecular complexity index is 508. The van der Waals surface area contributed by atoms with Gasteiger partial charge < -0.3 is 15.0 Å². The lowest BCUT2D eigenvalue weighted by Gasteiger charge is -2.24. The summed E-state index contributed by atoms with van der Waals surface area (Å²) in [6, 6.07) is 9.33. The summed E-state index contributed by atoms with van der Waals surface area (Å²) in [5.41, 5.74) is 0.264. The predicted molar refractivity (Wildman–Crippen MR) is 81.0 cm³/mol. The highest BCUT2D eigenvalue weighted by molar-refractivity contribution is 5.93. The van der Waals surface area contributed by atoms with Crippen LogP contribution >= 0.6 is 0 Å². The normalized spacial score (nSPS) is 18.4. The Hall–Kier alpha value is -2.04. The molecule has 1 aromatic rings. The van der Waals surface area contributed by atoms with Crippen molar-refractivity contribution >= 4 is 17.7 Å². The molecule has 1 heterocycles. The number of ether oxygens (including phenoxy) is 1. The van der Waals surface area contributed by atoms with Crippen molar-refractivity contribution in [1.29, 1.82) is 0 Å². The molecule has 2 rings (SSSR count). The van der Waals surface area contributed by atoms with Gasteiger partial charge in [0.15, 0.2) is 0 Å². The molecule has 0 saturated carbocycles. The third-order valence-corrected chi connectivity index (χ3v) is 3.25. The number of rotatable bonds is 2. The minimum Gasteiger partial charge on any atom is -0.444 e. The molecule has 21 heavy (non-hydrogen) atoms. The molecule has 5 nitrogen and oxygen atoms in total. The Kier molecular flexibility index (Phi) is 4.50. The van der Waals surface area contributed by atoms with Gasteiger partial charge in [0.25, 0.3) is 0 Å². The van der Waals surface area contributed by atoms with Crippen LogP contribution in [0.4, 0.5) is 10.5 Å². The number of amides is 2. The number of anilines is 1. The largest absolute Gasteiger partial charge is 0.444 e. The van der Waals surface area contributed by atoms with E-state index in [9.17, 15) is 9.59 Å². The number of benzene rings is 1. The van der Waals surface area contributed by atoms with Gasteiger partial charge in [-0.1, -0.05) is 18.2 Å². The van der Waals surface area contributed by atoms with Gasteiger partial charge in [-0.3, -0.25) is 4.79 Å². The maximum atomic E-state index is 12.2. The fourth-order valence-corrected chi connectivity index (χ4v) is 2.23. The minimum atomic E-state index is -0.512. The molecule has 1 fully saturated rings. The molecule has 0 bridgehead atoms. The van der Waals surface area contributed by atoms with Gasteiger partial charge in [-0.05, 0) is 39.3 Å². The van der Waals surface area contributed by atoms with Gasteiger partial charge in [0.2, 0.25) is 5.91 Å². The zero-order chi connectivity index (χ0) is 15.5. The zero-order valence-electron chi connectivity index (χ0n) is 12.8. The van der Waals surface area contributed by atoms with E-state index in [1.807, 2.05) is 51.1 Å². The highest BCUT2D eigenvalue weighted by Crippen LogP contribution is 2.21. The number of carbonyl (C=O) groups excluding carboxylic acids is 2. The van der Waals surface area contributed by atoms with E-state index in [4.69, 9.17) is 4.74 Å². The van der Waals surface area contributed by atoms with E-state index in [2.05, 4.69) is 5.32 Å². The minimum absolute atomic E-state index is 0.0488. The van der Waals surface area contributed by atoms with Crippen LogP contribution in [-0.2, 0) is 9.53 Å². The lowest BCUT2D eigenvalue weighted by atomic mass is 10.1. The molecule has 0 radical (unpaired) electrons. The second-order valence-electron chi connectivity index (χ2n) is 6.27. The summed E-state index contributed by atoms with van der Waals surface area (Å²) in [5.74, 6) is -0.231. The second-order valence-corrected chi connectivity index (χ2v) is 6.27. The quantitative estimate of drug-likeness (QED) is 0.911. The summed E-state index contributed by atoms with van der Waals surface area (Å²) in [5, 5.41) is 2.87. The zero-order valence-corrected chi connectivity index (χ0v) is 12.8. The molecule has 114 valence electrons. The monoisotopic (exact) mass is 290 g/mol. The maximum Gasteiger partial charge on any atom is 0.410 e. The Morgan fingerprint density at radius 3 is 2.52 bits per heavy atom. The average molecular weight is 290 g/mol. The Morgan fingerprint density at radius 2 is 1.90 bits per heavy atom. The van der Waals surface area contributed by atoms with Crippen molar-refractivity contribution in [1.82, 2.24) is 4.90 Å². The molecule has 1 aliphatic rings. The van der Waals surface area contributed by atoms with Gasteiger partial charge in [-0.25, -0.2) is 4.79 Å². The van der Waals surface area contributed by atoms with Crippen molar-refractivity contribution in [2.75, 3.05) is 18.4 Å². The van der Waals surface area contributed by atoms with Crippen molar-refractivity contribution in [3.8, 4) is 0 Å². The fraction of sp³-hybridized carbons (Fsp3) is 0.500. The molecule has 1 atom stereocenters. The Labute approximate surface area is 125 Å². The number of hydrogen-bond acceptors (Lipinski definition) is 3. The van der Waals surface area contributed by atoms with E-state index in [1.54, 1.807) is 4.90 Å². The highest BCUT2D eigenvalue weighted by Gasteiger charge is 2.33. The third-order valence-electron chi connectivity index (χ3n) is 3.25. The third kappa shape index (κ3) is 4.48. The van der Waals surface area contributed by atoms with Gasteiger partial charge in [-0.2, -0.15) is 0 Å². The van der Waals surface area contributed by atoms with E-state index >= 15 is 0 Å². The standard InChI is InChI=1S/C16H22N2O3/c1-16(2,3)21-15(20)18-10-9-12(11-18)14(19)17-13-7-5-4-6-8-13/h4-8,12H,9-11H2,1-3H3,(H,17,19)/t12-/m1/s1. The van der Waals surface area contributed by atoms with E-state index in [1.165, 1.54) is 0 Å². The van der Waals surface area contributed by atoms with Crippen LogP contribution in [0.1, 0.15) is 27.2 Å². The average Bonchev–Trinajstić information content (AvgIpc) is 2.87. The fourth-order valence-electron chi connectivity index (χ4n) is 2.23. The first-order valence-electron chi connectivity index (χ1n) is 7.19. The smallest absolute Gasteiger partial charge is 0.410 e. The summed E-state index contributed by atoms with van der Waals surface area (Å²) < 4.78 is 5.32. The predicted octanol–water partition coefficient (Wildman–Crippen LogP) is 2.88.